The van der Waals surface area contributed by atoms with Crippen molar-refractivity contribution in [2.45, 2.75) is 6.92 Å². The monoisotopic (exact) mass is 270 g/mol. The second-order valence-electron chi connectivity index (χ2n) is 3.52. The fourth-order valence-corrected chi connectivity index (χ4v) is 1.87. The number of aromatic nitrogens is 2. The van der Waals surface area contributed by atoms with E-state index in [1.54, 1.807) is 18.2 Å². The van der Waals surface area contributed by atoms with Crippen molar-refractivity contribution in [3.8, 4) is 17.3 Å². The van der Waals surface area contributed by atoms with Crippen LogP contribution in [-0.4, -0.2) is 15.1 Å². The molecular formula is C11H8Cl2N2O2. The van der Waals surface area contributed by atoms with Gasteiger partial charge in [-0.25, -0.2) is 0 Å². The lowest BCUT2D eigenvalue weighted by molar-refractivity contribution is 0.447. The first-order valence-corrected chi connectivity index (χ1v) is 5.49. The van der Waals surface area contributed by atoms with Crippen LogP contribution in [0.25, 0.3) is 11.4 Å². The second-order valence-corrected chi connectivity index (χ2v) is 4.39. The van der Waals surface area contributed by atoms with Crippen molar-refractivity contribution in [1.82, 2.24) is 9.97 Å². The first kappa shape index (κ1) is 12.0. The summed E-state index contributed by atoms with van der Waals surface area (Å²) in [6.45, 7) is 1.48. The van der Waals surface area contributed by atoms with Crippen molar-refractivity contribution in [2.24, 2.45) is 0 Å². The van der Waals surface area contributed by atoms with Crippen LogP contribution < -0.4 is 5.56 Å². The Bertz CT molecular complexity index is 618. The van der Waals surface area contributed by atoms with Gasteiger partial charge in [0.15, 0.2) is 0 Å². The van der Waals surface area contributed by atoms with E-state index in [9.17, 15) is 9.90 Å². The molecule has 1 aromatic heterocycles. The summed E-state index contributed by atoms with van der Waals surface area (Å²) in [6.07, 6.45) is 0. The van der Waals surface area contributed by atoms with Gasteiger partial charge in [0, 0.05) is 15.6 Å². The standard InChI is InChI=1S/C11H8Cl2N2O2/c1-5-10(16)14-9(15-11(5)17)6-2-7(12)4-8(13)3-6/h2-4H,1H3,(H2,14,15,16,17). The average Bonchev–Trinajstić information content (AvgIpc) is 2.23. The molecule has 88 valence electrons. The molecule has 0 aliphatic carbocycles. The summed E-state index contributed by atoms with van der Waals surface area (Å²) in [5, 5.41) is 10.3. The molecule has 0 bridgehead atoms. The third-order valence-corrected chi connectivity index (χ3v) is 2.70. The predicted molar refractivity (Wildman–Crippen MR) is 66.7 cm³/mol. The summed E-state index contributed by atoms with van der Waals surface area (Å²) >= 11 is 11.7. The molecule has 0 unspecified atom stereocenters. The highest BCUT2D eigenvalue weighted by Crippen LogP contribution is 2.25. The lowest BCUT2D eigenvalue weighted by Gasteiger charge is -2.04. The number of rotatable bonds is 1. The number of hydrogen-bond donors (Lipinski definition) is 2. The van der Waals surface area contributed by atoms with E-state index in [0.29, 0.717) is 15.6 Å². The molecule has 1 heterocycles. The molecule has 0 saturated heterocycles. The van der Waals surface area contributed by atoms with Crippen molar-refractivity contribution in [3.05, 3.63) is 44.2 Å². The van der Waals surface area contributed by atoms with E-state index in [-0.39, 0.29) is 17.3 Å². The Hall–Kier alpha value is -1.52. The molecule has 0 saturated carbocycles. The molecule has 2 N–H and O–H groups in total. The van der Waals surface area contributed by atoms with Gasteiger partial charge in [0.25, 0.3) is 5.56 Å². The molecule has 6 heteroatoms. The summed E-state index contributed by atoms with van der Waals surface area (Å²) in [7, 11) is 0. The number of benzene rings is 1. The van der Waals surface area contributed by atoms with E-state index in [2.05, 4.69) is 9.97 Å². The van der Waals surface area contributed by atoms with Gasteiger partial charge in [0.05, 0.1) is 5.56 Å². The number of H-pyrrole nitrogens is 1. The molecule has 0 radical (unpaired) electrons. The summed E-state index contributed by atoms with van der Waals surface area (Å²) in [5.74, 6) is -0.0812. The molecule has 0 aliphatic rings. The molecule has 17 heavy (non-hydrogen) atoms. The Morgan fingerprint density at radius 1 is 1.24 bits per heavy atom. The van der Waals surface area contributed by atoms with Gasteiger partial charge in [0.2, 0.25) is 5.88 Å². The maximum atomic E-state index is 11.5. The quantitative estimate of drug-likeness (QED) is 0.838. The van der Waals surface area contributed by atoms with Crippen molar-refractivity contribution in [1.29, 1.82) is 0 Å². The number of aromatic amines is 1. The number of hydrogen-bond acceptors (Lipinski definition) is 3. The zero-order valence-corrected chi connectivity index (χ0v) is 10.3. The molecule has 1 aromatic carbocycles. The molecule has 0 fully saturated rings. The predicted octanol–water partition coefficient (Wildman–Crippen LogP) is 2.76. The van der Waals surface area contributed by atoms with Crippen LogP contribution in [-0.2, 0) is 0 Å². The van der Waals surface area contributed by atoms with Gasteiger partial charge in [-0.3, -0.25) is 4.79 Å². The van der Waals surface area contributed by atoms with Crippen molar-refractivity contribution < 1.29 is 5.11 Å². The van der Waals surface area contributed by atoms with Crippen LogP contribution in [0.3, 0.4) is 0 Å². The topological polar surface area (TPSA) is 66.0 Å². The maximum Gasteiger partial charge on any atom is 0.257 e. The van der Waals surface area contributed by atoms with Crippen LogP contribution in [0, 0.1) is 6.92 Å². The molecule has 0 aliphatic heterocycles. The number of nitrogens with zero attached hydrogens (tertiary/aromatic N) is 1. The van der Waals surface area contributed by atoms with Crippen molar-refractivity contribution in [3.63, 3.8) is 0 Å². The highest BCUT2D eigenvalue weighted by molar-refractivity contribution is 6.35. The van der Waals surface area contributed by atoms with Gasteiger partial charge in [-0.15, -0.1) is 0 Å². The van der Waals surface area contributed by atoms with E-state index in [1.807, 2.05) is 0 Å². The Kier molecular flexibility index (Phi) is 3.09. The number of aromatic hydroxyl groups is 1. The van der Waals surface area contributed by atoms with E-state index in [0.717, 1.165) is 0 Å². The fourth-order valence-electron chi connectivity index (χ4n) is 1.35. The number of nitrogens with one attached hydrogen (secondary N) is 1. The fraction of sp³-hybridized carbons (Fsp3) is 0.0909. The normalized spacial score (nSPS) is 10.5. The summed E-state index contributed by atoms with van der Waals surface area (Å²) in [5.41, 5.74) is 0.306. The Morgan fingerprint density at radius 3 is 2.35 bits per heavy atom. The zero-order chi connectivity index (χ0) is 12.6. The second kappa shape index (κ2) is 4.39. The van der Waals surface area contributed by atoms with Crippen molar-refractivity contribution in [2.75, 3.05) is 0 Å². The molecule has 2 rings (SSSR count). The summed E-state index contributed by atoms with van der Waals surface area (Å²) < 4.78 is 0. The first-order valence-electron chi connectivity index (χ1n) is 4.73. The smallest absolute Gasteiger partial charge is 0.257 e. The lowest BCUT2D eigenvalue weighted by Crippen LogP contribution is -2.12. The molecule has 4 nitrogen and oxygen atoms in total. The first-order chi connectivity index (χ1) is 7.97. The maximum absolute atomic E-state index is 11.5. The lowest BCUT2D eigenvalue weighted by atomic mass is 10.2. The molecule has 0 amide bonds. The van der Waals surface area contributed by atoms with Crippen LogP contribution in [0.1, 0.15) is 5.56 Å². The SMILES string of the molecule is Cc1c(O)nc(-c2cc(Cl)cc(Cl)c2)[nH]c1=O. The molecule has 2 aromatic rings. The highest BCUT2D eigenvalue weighted by Gasteiger charge is 2.09. The van der Waals surface area contributed by atoms with E-state index < -0.39 is 5.56 Å². The van der Waals surface area contributed by atoms with Crippen LogP contribution in [0.2, 0.25) is 10.0 Å². The third kappa shape index (κ3) is 2.43. The van der Waals surface area contributed by atoms with Gasteiger partial charge in [-0.05, 0) is 25.1 Å². The van der Waals surface area contributed by atoms with Gasteiger partial charge in [-0.1, -0.05) is 23.2 Å². The molecular weight excluding hydrogens is 263 g/mol. The average molecular weight is 271 g/mol. The summed E-state index contributed by atoms with van der Waals surface area (Å²) in [4.78, 5) is 17.9. The van der Waals surface area contributed by atoms with Gasteiger partial charge < -0.3 is 10.1 Å². The van der Waals surface area contributed by atoms with Crippen molar-refractivity contribution >= 4 is 23.2 Å². The Morgan fingerprint density at radius 2 is 1.82 bits per heavy atom. The van der Waals surface area contributed by atoms with E-state index in [1.165, 1.54) is 6.92 Å². The van der Waals surface area contributed by atoms with Gasteiger partial charge in [-0.2, -0.15) is 4.98 Å². The minimum absolute atomic E-state index is 0.168. The minimum Gasteiger partial charge on any atom is -0.493 e. The third-order valence-electron chi connectivity index (χ3n) is 2.26. The van der Waals surface area contributed by atoms with Crippen LogP contribution in [0.4, 0.5) is 0 Å². The number of halogens is 2. The highest BCUT2D eigenvalue weighted by atomic mass is 35.5. The minimum atomic E-state index is -0.399. The van der Waals surface area contributed by atoms with Crippen LogP contribution in [0.5, 0.6) is 5.88 Å². The van der Waals surface area contributed by atoms with Gasteiger partial charge >= 0.3 is 0 Å². The summed E-state index contributed by atoms with van der Waals surface area (Å²) in [6, 6.07) is 4.76. The Balaban J connectivity index is 2.65. The molecule has 0 spiro atoms. The van der Waals surface area contributed by atoms with Gasteiger partial charge in [0.1, 0.15) is 5.82 Å². The largest absolute Gasteiger partial charge is 0.493 e. The van der Waals surface area contributed by atoms with Crippen LogP contribution in [0.15, 0.2) is 23.0 Å². The Labute approximate surface area is 107 Å². The van der Waals surface area contributed by atoms with Crippen LogP contribution >= 0.6 is 23.2 Å². The zero-order valence-electron chi connectivity index (χ0n) is 8.79. The van der Waals surface area contributed by atoms with E-state index in [4.69, 9.17) is 23.2 Å². The van der Waals surface area contributed by atoms with E-state index >= 15 is 0 Å². The molecule has 0 atom stereocenters.